The van der Waals surface area contributed by atoms with Gasteiger partial charge in [0.2, 0.25) is 0 Å². The van der Waals surface area contributed by atoms with Crippen molar-refractivity contribution in [1.82, 2.24) is 5.43 Å². The van der Waals surface area contributed by atoms with Gasteiger partial charge >= 0.3 is 0 Å². The smallest absolute Gasteiger partial charge is 0.262 e. The Bertz CT molecular complexity index is 436. The van der Waals surface area contributed by atoms with Crippen LogP contribution >= 0.6 is 35.7 Å². The van der Waals surface area contributed by atoms with Gasteiger partial charge in [0.15, 0.2) is 5.11 Å². The minimum Gasteiger partial charge on any atom is -0.374 e. The molecule has 1 aromatic rings. The average Bonchev–Trinajstić information content (AvgIpc) is 2.45. The molecule has 7 heteroatoms. The van der Waals surface area contributed by atoms with Gasteiger partial charge < -0.3 is 5.73 Å². The first-order valence-corrected chi connectivity index (χ1v) is 8.79. The largest absolute Gasteiger partial charge is 0.374 e. The second-order valence-corrected chi connectivity index (χ2v) is 7.21. The van der Waals surface area contributed by atoms with Crippen molar-refractivity contribution in [2.75, 3.05) is 16.5 Å². The summed E-state index contributed by atoms with van der Waals surface area (Å²) in [7, 11) is 0. The molecule has 0 atom stereocenters. The first-order chi connectivity index (χ1) is 9.60. The zero-order valence-corrected chi connectivity index (χ0v) is 14.0. The van der Waals surface area contributed by atoms with Crippen LogP contribution in [-0.4, -0.2) is 27.1 Å². The molecule has 0 aliphatic heterocycles. The summed E-state index contributed by atoms with van der Waals surface area (Å²) in [6.07, 6.45) is 0. The van der Waals surface area contributed by atoms with Crippen molar-refractivity contribution in [1.29, 1.82) is 0 Å². The number of carbonyl (C=O) groups is 1. The molecule has 0 saturated heterocycles. The zero-order valence-electron chi connectivity index (χ0n) is 11.5. The number of anilines is 1. The molecule has 0 heterocycles. The van der Waals surface area contributed by atoms with Crippen molar-refractivity contribution in [2.45, 2.75) is 18.4 Å². The van der Waals surface area contributed by atoms with Gasteiger partial charge in [-0.15, -0.1) is 23.5 Å². The minimum atomic E-state index is -0.162. The van der Waals surface area contributed by atoms with Crippen LogP contribution in [0.15, 0.2) is 30.3 Å². The molecule has 0 aromatic heterocycles. The van der Waals surface area contributed by atoms with Crippen molar-refractivity contribution in [2.24, 2.45) is 5.73 Å². The number of hydrazine groups is 1. The molecule has 0 aliphatic rings. The van der Waals surface area contributed by atoms with E-state index in [-0.39, 0.29) is 15.6 Å². The molecule has 0 saturated carbocycles. The lowest BCUT2D eigenvalue weighted by Gasteiger charge is -2.25. The van der Waals surface area contributed by atoms with Crippen molar-refractivity contribution in [3.63, 3.8) is 0 Å². The van der Waals surface area contributed by atoms with Crippen LogP contribution in [-0.2, 0) is 4.79 Å². The maximum absolute atomic E-state index is 12.3. The van der Waals surface area contributed by atoms with E-state index >= 15 is 0 Å². The van der Waals surface area contributed by atoms with Gasteiger partial charge in [0, 0.05) is 0 Å². The number of amides is 1. The molecule has 4 nitrogen and oxygen atoms in total. The summed E-state index contributed by atoms with van der Waals surface area (Å²) in [4.78, 5) is 12.3. The SMILES string of the molecule is CCSC(SCC)C(=O)NN(C(N)=S)c1ccccc1. The van der Waals surface area contributed by atoms with E-state index in [1.165, 1.54) is 5.01 Å². The second-order valence-electron chi connectivity index (χ2n) is 3.73. The van der Waals surface area contributed by atoms with Crippen LogP contribution < -0.4 is 16.2 Å². The number of rotatable bonds is 6. The van der Waals surface area contributed by atoms with Crippen LogP contribution in [0.1, 0.15) is 13.8 Å². The van der Waals surface area contributed by atoms with E-state index in [4.69, 9.17) is 18.0 Å². The van der Waals surface area contributed by atoms with Crippen molar-refractivity contribution < 1.29 is 4.79 Å². The number of hydrogen-bond donors (Lipinski definition) is 2. The van der Waals surface area contributed by atoms with Gasteiger partial charge in [-0.25, -0.2) is 5.01 Å². The third-order valence-electron chi connectivity index (χ3n) is 2.31. The van der Waals surface area contributed by atoms with Gasteiger partial charge in [-0.1, -0.05) is 32.0 Å². The van der Waals surface area contributed by atoms with E-state index in [1.807, 2.05) is 44.2 Å². The van der Waals surface area contributed by atoms with Gasteiger partial charge in [-0.2, -0.15) is 0 Å². The standard InChI is InChI=1S/C13H19N3OS3/c1-3-19-12(20-4-2)11(17)15-16(13(14)18)10-8-6-5-7-9-10/h5-9,12H,3-4H2,1-2H3,(H2,14,18)(H,15,17). The van der Waals surface area contributed by atoms with Crippen molar-refractivity contribution in [3.05, 3.63) is 30.3 Å². The maximum atomic E-state index is 12.3. The van der Waals surface area contributed by atoms with Gasteiger partial charge in [-0.05, 0) is 35.9 Å². The van der Waals surface area contributed by atoms with Gasteiger partial charge in [0.1, 0.15) is 4.58 Å². The summed E-state index contributed by atoms with van der Waals surface area (Å²) in [5.41, 5.74) is 9.23. The molecule has 20 heavy (non-hydrogen) atoms. The third-order valence-corrected chi connectivity index (χ3v) is 5.01. The monoisotopic (exact) mass is 329 g/mol. The molecule has 1 aromatic carbocycles. The number of nitrogens with one attached hydrogen (secondary N) is 1. The van der Waals surface area contributed by atoms with Crippen LogP contribution in [0.4, 0.5) is 5.69 Å². The lowest BCUT2D eigenvalue weighted by atomic mass is 10.3. The first-order valence-electron chi connectivity index (χ1n) is 6.28. The fraction of sp³-hybridized carbons (Fsp3) is 0.385. The zero-order chi connectivity index (χ0) is 15.0. The number of nitrogens with two attached hydrogens (primary N) is 1. The van der Waals surface area contributed by atoms with Crippen LogP contribution in [0, 0.1) is 0 Å². The number of para-hydroxylation sites is 1. The molecular formula is C13H19N3OS3. The van der Waals surface area contributed by atoms with E-state index in [9.17, 15) is 4.79 Å². The quantitative estimate of drug-likeness (QED) is 0.475. The van der Waals surface area contributed by atoms with Gasteiger partial charge in [0.25, 0.3) is 5.91 Å². The van der Waals surface area contributed by atoms with Gasteiger partial charge in [-0.3, -0.25) is 10.2 Å². The molecule has 3 N–H and O–H groups in total. The summed E-state index contributed by atoms with van der Waals surface area (Å²) in [6, 6.07) is 9.31. The molecule has 0 unspecified atom stereocenters. The molecule has 1 amide bonds. The normalized spacial score (nSPS) is 10.3. The molecule has 1 rings (SSSR count). The Labute approximate surface area is 133 Å². The number of nitrogens with zero attached hydrogens (tertiary/aromatic N) is 1. The second kappa shape index (κ2) is 9.10. The topological polar surface area (TPSA) is 58.4 Å². The maximum Gasteiger partial charge on any atom is 0.262 e. The van der Waals surface area contributed by atoms with E-state index in [2.05, 4.69) is 5.43 Å². The molecule has 0 radical (unpaired) electrons. The summed E-state index contributed by atoms with van der Waals surface area (Å²) >= 11 is 8.20. The number of benzene rings is 1. The highest BCUT2D eigenvalue weighted by atomic mass is 32.2. The highest BCUT2D eigenvalue weighted by molar-refractivity contribution is 8.18. The summed E-state index contributed by atoms with van der Waals surface area (Å²) < 4.78 is -0.162. The Hall–Kier alpha value is -0.920. The molecule has 110 valence electrons. The minimum absolute atomic E-state index is 0.0969. The van der Waals surface area contributed by atoms with E-state index in [0.717, 1.165) is 17.2 Å². The summed E-state index contributed by atoms with van der Waals surface area (Å²) in [5.74, 6) is 1.66. The Morgan fingerprint density at radius 2 is 1.85 bits per heavy atom. The molecular weight excluding hydrogens is 310 g/mol. The van der Waals surface area contributed by atoms with Crippen LogP contribution in [0.5, 0.6) is 0 Å². The fourth-order valence-corrected chi connectivity index (χ4v) is 3.86. The number of hydrogen-bond acceptors (Lipinski definition) is 4. The lowest BCUT2D eigenvalue weighted by molar-refractivity contribution is -0.119. The van der Waals surface area contributed by atoms with Crippen LogP contribution in [0.3, 0.4) is 0 Å². The third kappa shape index (κ3) is 5.22. The van der Waals surface area contributed by atoms with Crippen molar-refractivity contribution in [3.8, 4) is 0 Å². The average molecular weight is 330 g/mol. The highest BCUT2D eigenvalue weighted by Crippen LogP contribution is 2.24. The van der Waals surface area contributed by atoms with E-state index in [1.54, 1.807) is 23.5 Å². The Morgan fingerprint density at radius 3 is 2.30 bits per heavy atom. The summed E-state index contributed by atoms with van der Waals surface area (Å²) in [5, 5.41) is 1.56. The lowest BCUT2D eigenvalue weighted by Crippen LogP contribution is -2.51. The van der Waals surface area contributed by atoms with E-state index < -0.39 is 0 Å². The number of thioether (sulfide) groups is 2. The van der Waals surface area contributed by atoms with Crippen LogP contribution in [0.25, 0.3) is 0 Å². The Balaban J connectivity index is 2.80. The number of thiocarbonyl (C=S) groups is 1. The molecule has 0 fully saturated rings. The Kier molecular flexibility index (Phi) is 7.79. The molecule has 0 aliphatic carbocycles. The van der Waals surface area contributed by atoms with Crippen molar-refractivity contribution >= 4 is 52.4 Å². The van der Waals surface area contributed by atoms with Crippen LogP contribution in [0.2, 0.25) is 0 Å². The number of carbonyl (C=O) groups excluding carboxylic acids is 1. The highest BCUT2D eigenvalue weighted by Gasteiger charge is 2.21. The Morgan fingerprint density at radius 1 is 1.30 bits per heavy atom. The molecule has 0 spiro atoms. The molecule has 0 bridgehead atoms. The first kappa shape index (κ1) is 17.1. The summed E-state index contributed by atoms with van der Waals surface area (Å²) in [6.45, 7) is 4.06. The predicted octanol–water partition coefficient (Wildman–Crippen LogP) is 2.60. The fourth-order valence-electron chi connectivity index (χ4n) is 1.49. The van der Waals surface area contributed by atoms with Gasteiger partial charge in [0.05, 0.1) is 5.69 Å². The van der Waals surface area contributed by atoms with E-state index in [0.29, 0.717) is 0 Å². The predicted molar refractivity (Wildman–Crippen MR) is 93.9 cm³/mol.